The van der Waals surface area contributed by atoms with Gasteiger partial charge in [-0.25, -0.2) is 0 Å². The number of amides is 1. The first-order chi connectivity index (χ1) is 9.60. The number of pyridine rings is 1. The van der Waals surface area contributed by atoms with E-state index in [4.69, 9.17) is 0 Å². The highest BCUT2D eigenvalue weighted by Crippen LogP contribution is 2.11. The van der Waals surface area contributed by atoms with Crippen molar-refractivity contribution < 1.29 is 4.79 Å². The average Bonchev–Trinajstić information content (AvgIpc) is 2.44. The first kappa shape index (κ1) is 14.3. The number of fused-ring (bicyclic) bond motifs is 1. The molecule has 0 fully saturated rings. The van der Waals surface area contributed by atoms with Crippen LogP contribution in [0.25, 0.3) is 10.9 Å². The van der Waals surface area contributed by atoms with E-state index < -0.39 is 0 Å². The molecular weight excluding hydrogens is 252 g/mol. The average molecular weight is 272 g/mol. The molecule has 4 heteroatoms. The van der Waals surface area contributed by atoms with Gasteiger partial charge in [-0.05, 0) is 37.3 Å². The molecule has 0 aliphatic carbocycles. The number of aromatic amines is 1. The molecule has 0 aliphatic heterocycles. The van der Waals surface area contributed by atoms with Crippen LogP contribution in [-0.2, 0) is 11.2 Å². The predicted octanol–water partition coefficient (Wildman–Crippen LogP) is 2.38. The molecule has 1 atom stereocenters. The summed E-state index contributed by atoms with van der Waals surface area (Å²) in [5.74, 6) is -0.00749. The van der Waals surface area contributed by atoms with Crippen LogP contribution in [0.15, 0.2) is 35.1 Å². The summed E-state index contributed by atoms with van der Waals surface area (Å²) in [6.45, 7) is 4.00. The Morgan fingerprint density at radius 3 is 2.85 bits per heavy atom. The second kappa shape index (κ2) is 6.37. The Bertz CT molecular complexity index is 661. The molecule has 2 rings (SSSR count). The number of carbonyl (C=O) groups excluding carboxylic acids is 1. The number of hydrogen-bond acceptors (Lipinski definition) is 2. The van der Waals surface area contributed by atoms with E-state index in [1.807, 2.05) is 44.2 Å². The van der Waals surface area contributed by atoms with Gasteiger partial charge in [0.2, 0.25) is 5.91 Å². The Morgan fingerprint density at radius 2 is 2.10 bits per heavy atom. The molecule has 0 aliphatic rings. The van der Waals surface area contributed by atoms with E-state index in [0.717, 1.165) is 17.3 Å². The number of hydrogen-bond donors (Lipinski definition) is 2. The molecule has 4 nitrogen and oxygen atoms in total. The summed E-state index contributed by atoms with van der Waals surface area (Å²) < 4.78 is 0. The van der Waals surface area contributed by atoms with E-state index in [2.05, 4.69) is 10.3 Å². The van der Waals surface area contributed by atoms with Gasteiger partial charge in [0.25, 0.3) is 5.56 Å². The van der Waals surface area contributed by atoms with E-state index in [-0.39, 0.29) is 17.5 Å². The molecule has 0 radical (unpaired) electrons. The zero-order valence-electron chi connectivity index (χ0n) is 11.9. The second-order valence-corrected chi connectivity index (χ2v) is 5.09. The van der Waals surface area contributed by atoms with Gasteiger partial charge >= 0.3 is 0 Å². The number of para-hydroxylation sites is 1. The topological polar surface area (TPSA) is 62.0 Å². The number of carbonyl (C=O) groups is 1. The van der Waals surface area contributed by atoms with Crippen molar-refractivity contribution in [3.63, 3.8) is 0 Å². The number of aromatic nitrogens is 1. The van der Waals surface area contributed by atoms with Crippen molar-refractivity contribution in [3.05, 3.63) is 46.2 Å². The maximum absolute atomic E-state index is 11.9. The summed E-state index contributed by atoms with van der Waals surface area (Å²) in [4.78, 5) is 26.5. The highest BCUT2D eigenvalue weighted by atomic mass is 16.1. The third kappa shape index (κ3) is 3.47. The van der Waals surface area contributed by atoms with Crippen molar-refractivity contribution in [2.24, 2.45) is 0 Å². The molecular formula is C16H20N2O2. The first-order valence-electron chi connectivity index (χ1n) is 7.00. The highest BCUT2D eigenvalue weighted by Gasteiger charge is 2.08. The van der Waals surface area contributed by atoms with Crippen molar-refractivity contribution in [1.82, 2.24) is 10.3 Å². The minimum atomic E-state index is -0.111. The Kier molecular flexibility index (Phi) is 4.56. The van der Waals surface area contributed by atoms with Crippen LogP contribution in [-0.4, -0.2) is 16.9 Å². The molecule has 1 aromatic carbocycles. The van der Waals surface area contributed by atoms with E-state index in [0.29, 0.717) is 18.4 Å². The Labute approximate surface area is 118 Å². The summed E-state index contributed by atoms with van der Waals surface area (Å²) in [6.07, 6.45) is 1.70. The van der Waals surface area contributed by atoms with E-state index in [9.17, 15) is 9.59 Å². The van der Waals surface area contributed by atoms with E-state index in [1.165, 1.54) is 0 Å². The van der Waals surface area contributed by atoms with Crippen LogP contribution in [0.1, 0.15) is 32.3 Å². The standard InChI is InChI=1S/C16H20N2O2/c1-3-11(2)17-15(19)9-8-13-10-12-6-4-5-7-14(12)18-16(13)20/h4-7,10-11H,3,8-9H2,1-2H3,(H,17,19)(H,18,20)/t11-/m0/s1. The van der Waals surface area contributed by atoms with Crippen LogP contribution < -0.4 is 10.9 Å². The molecule has 1 amide bonds. The zero-order chi connectivity index (χ0) is 14.5. The monoisotopic (exact) mass is 272 g/mol. The van der Waals surface area contributed by atoms with Crippen molar-refractivity contribution in [2.75, 3.05) is 0 Å². The van der Waals surface area contributed by atoms with Crippen LogP contribution in [0, 0.1) is 0 Å². The molecule has 0 saturated heterocycles. The van der Waals surface area contributed by atoms with Gasteiger partial charge in [0, 0.05) is 23.5 Å². The van der Waals surface area contributed by atoms with Crippen LogP contribution >= 0.6 is 0 Å². The Hall–Kier alpha value is -2.10. The Balaban J connectivity index is 2.08. The molecule has 2 N–H and O–H groups in total. The largest absolute Gasteiger partial charge is 0.354 e. The Morgan fingerprint density at radius 1 is 1.35 bits per heavy atom. The van der Waals surface area contributed by atoms with Gasteiger partial charge in [0.05, 0.1) is 0 Å². The fraction of sp³-hybridized carbons (Fsp3) is 0.375. The van der Waals surface area contributed by atoms with Crippen molar-refractivity contribution >= 4 is 16.8 Å². The molecule has 0 unspecified atom stereocenters. The summed E-state index contributed by atoms with van der Waals surface area (Å²) in [6, 6.07) is 9.68. The van der Waals surface area contributed by atoms with Crippen molar-refractivity contribution in [1.29, 1.82) is 0 Å². The molecule has 0 spiro atoms. The van der Waals surface area contributed by atoms with E-state index >= 15 is 0 Å². The van der Waals surface area contributed by atoms with Crippen LogP contribution in [0.5, 0.6) is 0 Å². The van der Waals surface area contributed by atoms with Gasteiger partial charge in [-0.15, -0.1) is 0 Å². The summed E-state index contributed by atoms with van der Waals surface area (Å²) in [7, 11) is 0. The third-order valence-electron chi connectivity index (χ3n) is 3.47. The fourth-order valence-electron chi connectivity index (χ4n) is 2.08. The minimum absolute atomic E-state index is 0.00749. The second-order valence-electron chi connectivity index (χ2n) is 5.09. The molecule has 1 aromatic heterocycles. The van der Waals surface area contributed by atoms with Gasteiger partial charge in [-0.3, -0.25) is 9.59 Å². The zero-order valence-corrected chi connectivity index (χ0v) is 11.9. The first-order valence-corrected chi connectivity index (χ1v) is 7.00. The maximum Gasteiger partial charge on any atom is 0.251 e. The number of benzene rings is 1. The summed E-state index contributed by atoms with van der Waals surface area (Å²) in [5.41, 5.74) is 1.37. The lowest BCUT2D eigenvalue weighted by molar-refractivity contribution is -0.121. The SMILES string of the molecule is CC[C@H](C)NC(=O)CCc1cc2ccccc2[nH]c1=O. The number of nitrogens with one attached hydrogen (secondary N) is 2. The number of aryl methyl sites for hydroxylation is 1. The lowest BCUT2D eigenvalue weighted by atomic mass is 10.1. The molecule has 0 bridgehead atoms. The van der Waals surface area contributed by atoms with Crippen LogP contribution in [0.2, 0.25) is 0 Å². The van der Waals surface area contributed by atoms with Gasteiger partial charge in [-0.2, -0.15) is 0 Å². The number of rotatable bonds is 5. The van der Waals surface area contributed by atoms with Gasteiger partial charge in [-0.1, -0.05) is 25.1 Å². The molecule has 0 saturated carbocycles. The van der Waals surface area contributed by atoms with Crippen LogP contribution in [0.3, 0.4) is 0 Å². The third-order valence-corrected chi connectivity index (χ3v) is 3.47. The smallest absolute Gasteiger partial charge is 0.251 e. The highest BCUT2D eigenvalue weighted by molar-refractivity contribution is 5.79. The summed E-state index contributed by atoms with van der Waals surface area (Å²) >= 11 is 0. The van der Waals surface area contributed by atoms with E-state index in [1.54, 1.807) is 0 Å². The summed E-state index contributed by atoms with van der Waals surface area (Å²) in [5, 5.41) is 3.90. The van der Waals surface area contributed by atoms with Crippen LogP contribution in [0.4, 0.5) is 0 Å². The normalized spacial score (nSPS) is 12.3. The van der Waals surface area contributed by atoms with Crippen molar-refractivity contribution in [3.8, 4) is 0 Å². The number of H-pyrrole nitrogens is 1. The molecule has 20 heavy (non-hydrogen) atoms. The quantitative estimate of drug-likeness (QED) is 0.877. The molecule has 106 valence electrons. The van der Waals surface area contributed by atoms with Gasteiger partial charge in [0.15, 0.2) is 0 Å². The van der Waals surface area contributed by atoms with Gasteiger partial charge < -0.3 is 10.3 Å². The fourth-order valence-corrected chi connectivity index (χ4v) is 2.08. The molecule has 2 aromatic rings. The minimum Gasteiger partial charge on any atom is -0.354 e. The lowest BCUT2D eigenvalue weighted by Gasteiger charge is -2.11. The predicted molar refractivity (Wildman–Crippen MR) is 80.8 cm³/mol. The van der Waals surface area contributed by atoms with Gasteiger partial charge in [0.1, 0.15) is 0 Å². The van der Waals surface area contributed by atoms with Crippen molar-refractivity contribution in [2.45, 2.75) is 39.2 Å². The maximum atomic E-state index is 11.9. The lowest BCUT2D eigenvalue weighted by Crippen LogP contribution is -2.32. The molecule has 1 heterocycles.